The van der Waals surface area contributed by atoms with Crippen LogP contribution in [0.4, 0.5) is 11.5 Å². The van der Waals surface area contributed by atoms with Crippen molar-refractivity contribution in [2.45, 2.75) is 56.3 Å². The Labute approximate surface area is 203 Å². The van der Waals surface area contributed by atoms with Gasteiger partial charge in [-0.05, 0) is 62.9 Å². The zero-order chi connectivity index (χ0) is 24.7. The number of pyridine rings is 1. The number of H-pyrrole nitrogens is 1. The number of nitrogens with one attached hydrogen (secondary N) is 2. The van der Waals surface area contributed by atoms with E-state index < -0.39 is 10.0 Å². The van der Waals surface area contributed by atoms with Gasteiger partial charge in [0.1, 0.15) is 5.39 Å². The second-order valence-electron chi connectivity index (χ2n) is 9.36. The third kappa shape index (κ3) is 4.57. The predicted molar refractivity (Wildman–Crippen MR) is 131 cm³/mol. The molecule has 2 aromatic heterocycles. The molecule has 0 spiro atoms. The number of sulfonamides is 1. The maximum atomic E-state index is 13.1. The Hall–Kier alpha value is -3.20. The van der Waals surface area contributed by atoms with Crippen molar-refractivity contribution in [1.82, 2.24) is 19.1 Å². The molecule has 0 bridgehead atoms. The largest absolute Gasteiger partial charge is 0.373 e. The molecule has 1 aliphatic heterocycles. The summed E-state index contributed by atoms with van der Waals surface area (Å²) in [7, 11) is -3.65. The highest BCUT2D eigenvalue weighted by molar-refractivity contribution is 7.89. The van der Waals surface area contributed by atoms with E-state index in [0.717, 1.165) is 12.8 Å². The predicted octanol–water partition coefficient (Wildman–Crippen LogP) is 3.13. The van der Waals surface area contributed by atoms with Gasteiger partial charge in [0, 0.05) is 25.0 Å². The minimum absolute atomic E-state index is 0.0920. The lowest BCUT2D eigenvalue weighted by molar-refractivity contribution is -0.0440. The van der Waals surface area contributed by atoms with Gasteiger partial charge in [-0.2, -0.15) is 14.7 Å². The van der Waals surface area contributed by atoms with Crippen LogP contribution in [0.25, 0.3) is 10.9 Å². The Morgan fingerprint density at radius 1 is 1.20 bits per heavy atom. The molecule has 35 heavy (non-hydrogen) atoms. The molecule has 3 heterocycles. The highest BCUT2D eigenvalue weighted by Gasteiger charge is 2.35. The molecule has 10 nitrogen and oxygen atoms in total. The van der Waals surface area contributed by atoms with Crippen molar-refractivity contribution in [3.63, 3.8) is 0 Å². The fourth-order valence-electron chi connectivity index (χ4n) is 4.79. The highest BCUT2D eigenvalue weighted by atomic mass is 32.2. The number of nitriles is 1. The molecule has 184 valence electrons. The molecule has 1 saturated heterocycles. The summed E-state index contributed by atoms with van der Waals surface area (Å²) in [6.45, 7) is 4.34. The number of morpholine rings is 1. The van der Waals surface area contributed by atoms with E-state index in [1.54, 1.807) is 41.2 Å². The Bertz CT molecular complexity index is 1430. The number of anilines is 2. The summed E-state index contributed by atoms with van der Waals surface area (Å²) >= 11 is 0. The summed E-state index contributed by atoms with van der Waals surface area (Å²) in [5.41, 5.74) is 0.987. The van der Waals surface area contributed by atoms with Crippen LogP contribution in [-0.2, 0) is 14.8 Å². The number of ether oxygens (including phenoxy) is 1. The molecule has 3 aromatic rings. The van der Waals surface area contributed by atoms with Crippen LogP contribution in [0.1, 0.15) is 39.2 Å². The Balaban J connectivity index is 1.44. The quantitative estimate of drug-likeness (QED) is 0.513. The normalized spacial score (nSPS) is 22.1. The molecular weight excluding hydrogens is 468 g/mol. The van der Waals surface area contributed by atoms with Gasteiger partial charge in [0.05, 0.1) is 41.2 Å². The van der Waals surface area contributed by atoms with Crippen LogP contribution in [0.15, 0.2) is 46.2 Å². The van der Waals surface area contributed by atoms with Crippen molar-refractivity contribution in [3.8, 4) is 6.07 Å². The molecule has 3 atom stereocenters. The number of hydrogen-bond donors (Lipinski definition) is 2. The third-order valence-electron chi connectivity index (χ3n) is 6.55. The first-order valence-electron chi connectivity index (χ1n) is 11.8. The Morgan fingerprint density at radius 2 is 1.89 bits per heavy atom. The van der Waals surface area contributed by atoms with Gasteiger partial charge in [-0.3, -0.25) is 9.48 Å². The molecule has 2 N–H and O–H groups in total. The van der Waals surface area contributed by atoms with Gasteiger partial charge in [-0.15, -0.1) is 0 Å². The summed E-state index contributed by atoms with van der Waals surface area (Å²) in [6, 6.07) is 10.4. The van der Waals surface area contributed by atoms with Gasteiger partial charge in [-0.25, -0.2) is 8.42 Å². The number of fused-ring (bicyclic) bond motifs is 1. The fraction of sp³-hybridized carbons (Fsp3) is 0.458. The molecule has 0 radical (unpaired) electrons. The number of aromatic amines is 1. The highest BCUT2D eigenvalue weighted by Crippen LogP contribution is 2.43. The molecule has 1 unspecified atom stereocenters. The Kier molecular flexibility index (Phi) is 6.13. The summed E-state index contributed by atoms with van der Waals surface area (Å²) in [5, 5.41) is 17.6. The average molecular weight is 497 g/mol. The van der Waals surface area contributed by atoms with Crippen LogP contribution in [0, 0.1) is 17.2 Å². The van der Waals surface area contributed by atoms with E-state index in [2.05, 4.69) is 21.5 Å². The molecule has 1 aromatic carbocycles. The number of benzene rings is 1. The first-order valence-corrected chi connectivity index (χ1v) is 13.2. The van der Waals surface area contributed by atoms with Crippen molar-refractivity contribution in [2.75, 3.05) is 18.4 Å². The molecule has 2 fully saturated rings. The van der Waals surface area contributed by atoms with E-state index in [1.165, 1.54) is 4.31 Å². The minimum Gasteiger partial charge on any atom is -0.373 e. The fourth-order valence-corrected chi connectivity index (χ4v) is 6.38. The van der Waals surface area contributed by atoms with E-state index in [-0.39, 0.29) is 28.7 Å². The van der Waals surface area contributed by atoms with Gasteiger partial charge >= 0.3 is 0 Å². The molecule has 1 aliphatic carbocycles. The van der Waals surface area contributed by atoms with Crippen LogP contribution in [-0.4, -0.2) is 52.8 Å². The van der Waals surface area contributed by atoms with Crippen molar-refractivity contribution >= 4 is 32.4 Å². The second kappa shape index (κ2) is 9.11. The molecule has 2 aliphatic rings. The van der Waals surface area contributed by atoms with Crippen LogP contribution in [0.5, 0.6) is 0 Å². The van der Waals surface area contributed by atoms with E-state index in [0.29, 0.717) is 47.8 Å². The number of aromatic nitrogens is 3. The lowest BCUT2D eigenvalue weighted by Crippen LogP contribution is -2.48. The topological polar surface area (TPSA) is 133 Å². The van der Waals surface area contributed by atoms with Crippen molar-refractivity contribution in [2.24, 2.45) is 5.92 Å². The molecule has 0 amide bonds. The molecule has 1 saturated carbocycles. The van der Waals surface area contributed by atoms with Crippen LogP contribution in [0.2, 0.25) is 0 Å². The van der Waals surface area contributed by atoms with Gasteiger partial charge < -0.3 is 15.0 Å². The van der Waals surface area contributed by atoms with E-state index >= 15 is 0 Å². The zero-order valence-corrected chi connectivity index (χ0v) is 20.5. The standard InChI is InChI=1S/C24H28N6O4S/c1-15-13-29(14-16(2)34-15)35(32,33)19-7-5-18(6-8-19)27-23-22-21(10-12-26-24(22)31)30(28-23)20(9-11-25)17-3-4-17/h5-8,10,12,15-17,20H,3-4,9,13-14H2,1-2H3,(H,26,31)(H,27,28)/t15-,16+,20?. The monoisotopic (exact) mass is 496 g/mol. The third-order valence-corrected chi connectivity index (χ3v) is 8.40. The van der Waals surface area contributed by atoms with Crippen LogP contribution < -0.4 is 10.9 Å². The first-order chi connectivity index (χ1) is 16.8. The Morgan fingerprint density at radius 3 is 2.51 bits per heavy atom. The van der Waals surface area contributed by atoms with Gasteiger partial charge in [0.25, 0.3) is 5.56 Å². The maximum Gasteiger partial charge on any atom is 0.261 e. The summed E-state index contributed by atoms with van der Waals surface area (Å²) in [4.78, 5) is 15.6. The lowest BCUT2D eigenvalue weighted by atomic mass is 10.1. The SMILES string of the molecule is C[C@@H]1CN(S(=O)(=O)c2ccc(Nc3nn(C(CC#N)C4CC4)c4cc[nH]c(=O)c34)cc2)C[C@H](C)O1. The van der Waals surface area contributed by atoms with Crippen molar-refractivity contribution < 1.29 is 13.2 Å². The van der Waals surface area contributed by atoms with Crippen LogP contribution in [0.3, 0.4) is 0 Å². The maximum absolute atomic E-state index is 13.1. The summed E-state index contributed by atoms with van der Waals surface area (Å²) in [6.07, 6.45) is 3.63. The van der Waals surface area contributed by atoms with Crippen molar-refractivity contribution in [1.29, 1.82) is 5.26 Å². The average Bonchev–Trinajstić information content (AvgIpc) is 3.59. The second-order valence-corrected chi connectivity index (χ2v) is 11.3. The van der Waals surface area contributed by atoms with E-state index in [9.17, 15) is 18.5 Å². The van der Waals surface area contributed by atoms with Gasteiger partial charge in [0.2, 0.25) is 10.0 Å². The van der Waals surface area contributed by atoms with Gasteiger partial charge in [0.15, 0.2) is 5.82 Å². The summed E-state index contributed by atoms with van der Waals surface area (Å²) in [5.74, 6) is 0.747. The van der Waals surface area contributed by atoms with E-state index in [1.807, 2.05) is 13.8 Å². The van der Waals surface area contributed by atoms with Crippen LogP contribution >= 0.6 is 0 Å². The van der Waals surface area contributed by atoms with Gasteiger partial charge in [-0.1, -0.05) is 0 Å². The summed E-state index contributed by atoms with van der Waals surface area (Å²) < 4.78 is 35.2. The molecule has 5 rings (SSSR count). The number of nitrogens with zero attached hydrogens (tertiary/aromatic N) is 4. The van der Waals surface area contributed by atoms with Crippen molar-refractivity contribution in [3.05, 3.63) is 46.9 Å². The number of rotatable bonds is 7. The smallest absolute Gasteiger partial charge is 0.261 e. The zero-order valence-electron chi connectivity index (χ0n) is 19.6. The van der Waals surface area contributed by atoms with E-state index in [4.69, 9.17) is 4.74 Å². The first kappa shape index (κ1) is 23.5. The number of hydrogen-bond acceptors (Lipinski definition) is 7. The lowest BCUT2D eigenvalue weighted by Gasteiger charge is -2.34. The minimum atomic E-state index is -3.65. The molecular formula is C24H28N6O4S. The molecule has 11 heteroatoms.